The van der Waals surface area contributed by atoms with Crippen LogP contribution in [0.1, 0.15) is 25.0 Å². The molecule has 4 rings (SSSR count). The Labute approximate surface area is 178 Å². The number of allylic oxidation sites excluding steroid dienone is 8. The molecule has 0 N–H and O–H groups in total. The average molecular weight is 395 g/mol. The van der Waals surface area contributed by atoms with E-state index in [4.69, 9.17) is 9.47 Å². The molecule has 0 aliphatic carbocycles. The lowest BCUT2D eigenvalue weighted by Crippen LogP contribution is -2.45. The quantitative estimate of drug-likeness (QED) is 0.515. The van der Waals surface area contributed by atoms with Crippen LogP contribution in [0.4, 0.5) is 0 Å². The highest BCUT2D eigenvalue weighted by molar-refractivity contribution is 5.66. The van der Waals surface area contributed by atoms with Gasteiger partial charge >= 0.3 is 0 Å². The van der Waals surface area contributed by atoms with Gasteiger partial charge in [0, 0.05) is 16.7 Å². The van der Waals surface area contributed by atoms with E-state index in [9.17, 15) is 0 Å². The van der Waals surface area contributed by atoms with Crippen molar-refractivity contribution >= 4 is 0 Å². The molecule has 2 heterocycles. The minimum Gasteiger partial charge on any atom is -0.451 e. The summed E-state index contributed by atoms with van der Waals surface area (Å²) in [5, 5.41) is 0. The van der Waals surface area contributed by atoms with Crippen LogP contribution in [0.25, 0.3) is 0 Å². The summed E-state index contributed by atoms with van der Waals surface area (Å²) in [6.07, 6.45) is 11.7. The third-order valence-electron chi connectivity index (χ3n) is 5.80. The zero-order valence-electron chi connectivity index (χ0n) is 17.5. The molecule has 0 radical (unpaired) electrons. The highest BCUT2D eigenvalue weighted by Crippen LogP contribution is 2.67. The lowest BCUT2D eigenvalue weighted by molar-refractivity contribution is -0.188. The van der Waals surface area contributed by atoms with E-state index in [1.807, 2.05) is 62.4 Å². The third-order valence-corrected chi connectivity index (χ3v) is 5.80. The summed E-state index contributed by atoms with van der Waals surface area (Å²) >= 11 is 0. The van der Waals surface area contributed by atoms with E-state index >= 15 is 0 Å². The molecule has 1 saturated heterocycles. The molecule has 0 bridgehead atoms. The van der Waals surface area contributed by atoms with Crippen LogP contribution in [-0.2, 0) is 20.7 Å². The molecule has 2 aromatic carbocycles. The van der Waals surface area contributed by atoms with Crippen molar-refractivity contribution in [3.8, 4) is 0 Å². The number of fused-ring (bicyclic) bond motifs is 1. The van der Waals surface area contributed by atoms with Gasteiger partial charge in [0.15, 0.2) is 0 Å². The number of hydrogen-bond donors (Lipinski definition) is 0. The van der Waals surface area contributed by atoms with Gasteiger partial charge in [-0.2, -0.15) is 0 Å². The van der Waals surface area contributed by atoms with E-state index in [1.165, 1.54) is 0 Å². The maximum absolute atomic E-state index is 6.73. The Kier molecular flexibility index (Phi) is 5.09. The Balaban J connectivity index is 2.18. The minimum absolute atomic E-state index is 0.699. The van der Waals surface area contributed by atoms with Gasteiger partial charge in [-0.05, 0) is 25.5 Å². The van der Waals surface area contributed by atoms with Gasteiger partial charge < -0.3 is 9.47 Å². The number of rotatable bonds is 5. The second kappa shape index (κ2) is 7.72. The van der Waals surface area contributed by atoms with Crippen molar-refractivity contribution in [2.75, 3.05) is 0 Å². The molecule has 2 aromatic rings. The van der Waals surface area contributed by atoms with Crippen molar-refractivity contribution in [2.24, 2.45) is 0 Å². The largest absolute Gasteiger partial charge is 0.451 e. The average Bonchev–Trinajstić information content (AvgIpc) is 3.20. The Morgan fingerprint density at radius 2 is 1.47 bits per heavy atom. The van der Waals surface area contributed by atoms with Gasteiger partial charge in [-0.1, -0.05) is 104 Å². The lowest BCUT2D eigenvalue weighted by Gasteiger charge is -2.39. The Morgan fingerprint density at radius 3 is 2.03 bits per heavy atom. The molecule has 0 amide bonds. The molecule has 2 unspecified atom stereocenters. The van der Waals surface area contributed by atoms with Crippen LogP contribution in [0, 0.1) is 0 Å². The van der Waals surface area contributed by atoms with Crippen molar-refractivity contribution in [3.63, 3.8) is 0 Å². The summed E-state index contributed by atoms with van der Waals surface area (Å²) in [6.45, 7) is 11.8. The fourth-order valence-electron chi connectivity index (χ4n) is 4.73. The summed E-state index contributed by atoms with van der Waals surface area (Å²) < 4.78 is 13.4. The smallest absolute Gasteiger partial charge is 0.295 e. The molecule has 150 valence electrons. The maximum Gasteiger partial charge on any atom is 0.295 e. The highest BCUT2D eigenvalue weighted by atomic mass is 16.7. The van der Waals surface area contributed by atoms with Gasteiger partial charge in [-0.3, -0.25) is 0 Å². The third kappa shape index (κ3) is 2.57. The summed E-state index contributed by atoms with van der Waals surface area (Å²) in [5.74, 6) is 0.558. The number of ether oxygens (including phenoxy) is 2. The summed E-state index contributed by atoms with van der Waals surface area (Å²) in [6, 6.07) is 20.6. The molecule has 30 heavy (non-hydrogen) atoms. The van der Waals surface area contributed by atoms with Crippen LogP contribution in [0.2, 0.25) is 0 Å². The zero-order chi connectivity index (χ0) is 21.2. The Morgan fingerprint density at radius 1 is 0.833 bits per heavy atom. The normalized spacial score (nSPS) is 27.9. The topological polar surface area (TPSA) is 18.5 Å². The van der Waals surface area contributed by atoms with Gasteiger partial charge in [0.1, 0.15) is 16.9 Å². The van der Waals surface area contributed by atoms with Crippen LogP contribution in [0.3, 0.4) is 0 Å². The molecule has 2 aliphatic heterocycles. The van der Waals surface area contributed by atoms with Gasteiger partial charge in [-0.15, -0.1) is 0 Å². The number of hydrogen-bond acceptors (Lipinski definition) is 2. The van der Waals surface area contributed by atoms with Crippen molar-refractivity contribution < 1.29 is 9.47 Å². The van der Waals surface area contributed by atoms with Gasteiger partial charge in [0.25, 0.3) is 5.79 Å². The first kappa shape index (κ1) is 19.8. The lowest BCUT2D eigenvalue weighted by atomic mass is 9.63. The molecule has 2 aliphatic rings. The predicted octanol–water partition coefficient (Wildman–Crippen LogP) is 6.87. The van der Waals surface area contributed by atoms with E-state index in [1.54, 1.807) is 6.08 Å². The fourth-order valence-corrected chi connectivity index (χ4v) is 4.73. The molecule has 2 atom stereocenters. The van der Waals surface area contributed by atoms with Crippen LogP contribution in [0.15, 0.2) is 133 Å². The van der Waals surface area contributed by atoms with Crippen molar-refractivity contribution in [1.82, 2.24) is 0 Å². The van der Waals surface area contributed by atoms with Crippen LogP contribution < -0.4 is 0 Å². The standard InChI is InChI=1S/C28H26O2/c1-5-8-20-24-21(4)29-28(23-18-13-10-14-19-23)27(24,22-16-11-9-12-17-22)25(15-6-2)26(7-3)30-28/h5-20H,1-2H2,3-4H3/b20-8-,25-15+,26-7+. The second-order valence-electron chi connectivity index (χ2n) is 7.34. The summed E-state index contributed by atoms with van der Waals surface area (Å²) in [4.78, 5) is 0. The van der Waals surface area contributed by atoms with E-state index in [-0.39, 0.29) is 0 Å². The fraction of sp³-hybridized carbons (Fsp3) is 0.143. The van der Waals surface area contributed by atoms with E-state index in [0.29, 0.717) is 0 Å². The molecule has 2 nitrogen and oxygen atoms in total. The highest BCUT2D eigenvalue weighted by Gasteiger charge is 2.71. The van der Waals surface area contributed by atoms with Gasteiger partial charge in [-0.25, -0.2) is 0 Å². The zero-order valence-corrected chi connectivity index (χ0v) is 17.5. The molecule has 1 fully saturated rings. The van der Waals surface area contributed by atoms with E-state index < -0.39 is 11.2 Å². The van der Waals surface area contributed by atoms with Crippen molar-refractivity contribution in [3.05, 3.63) is 144 Å². The first-order valence-electron chi connectivity index (χ1n) is 10.1. The van der Waals surface area contributed by atoms with Crippen LogP contribution >= 0.6 is 0 Å². The summed E-state index contributed by atoms with van der Waals surface area (Å²) in [5.41, 5.74) is 3.43. The maximum atomic E-state index is 6.73. The molecule has 0 aromatic heterocycles. The SMILES string of the molecule is C=C/C=C\C1=C(C)OC2(c3ccccc3)OC(=C/C)/C(=C\C=C)C12c1ccccc1. The minimum atomic E-state index is -1.06. The van der Waals surface area contributed by atoms with Gasteiger partial charge in [0.05, 0.1) is 0 Å². The molecular formula is C28H26O2. The molecule has 2 heteroatoms. The van der Waals surface area contributed by atoms with Crippen molar-refractivity contribution in [1.29, 1.82) is 0 Å². The predicted molar refractivity (Wildman–Crippen MR) is 122 cm³/mol. The van der Waals surface area contributed by atoms with Crippen LogP contribution in [0.5, 0.6) is 0 Å². The molecule has 0 spiro atoms. The van der Waals surface area contributed by atoms with Crippen molar-refractivity contribution in [2.45, 2.75) is 25.0 Å². The first-order chi connectivity index (χ1) is 14.7. The van der Waals surface area contributed by atoms with Crippen LogP contribution in [-0.4, -0.2) is 0 Å². The van der Waals surface area contributed by atoms with E-state index in [0.717, 1.165) is 33.8 Å². The summed E-state index contributed by atoms with van der Waals surface area (Å²) in [7, 11) is 0. The monoisotopic (exact) mass is 394 g/mol. The Hall–Kier alpha value is -3.52. The first-order valence-corrected chi connectivity index (χ1v) is 10.1. The van der Waals surface area contributed by atoms with Gasteiger partial charge in [0.2, 0.25) is 0 Å². The number of benzene rings is 2. The Bertz CT molecular complexity index is 1090. The second-order valence-corrected chi connectivity index (χ2v) is 7.34. The molecular weight excluding hydrogens is 368 g/mol. The van der Waals surface area contributed by atoms with E-state index in [2.05, 4.69) is 55.6 Å². The molecule has 0 saturated carbocycles.